The van der Waals surface area contributed by atoms with Gasteiger partial charge >= 0.3 is 5.97 Å². The molecule has 1 saturated heterocycles. The van der Waals surface area contributed by atoms with Crippen molar-refractivity contribution < 1.29 is 9.53 Å². The van der Waals surface area contributed by atoms with E-state index in [0.717, 1.165) is 18.4 Å². The highest BCUT2D eigenvalue weighted by Crippen LogP contribution is 2.33. The number of esters is 1. The molecule has 1 heterocycles. The molecule has 0 saturated carbocycles. The number of carbonyl (C=O) groups excluding carboxylic acids is 1. The van der Waals surface area contributed by atoms with Crippen molar-refractivity contribution in [2.24, 2.45) is 0 Å². The second kappa shape index (κ2) is 3.45. The molecule has 0 spiro atoms. The van der Waals surface area contributed by atoms with Gasteiger partial charge in [0, 0.05) is 0 Å². The van der Waals surface area contributed by atoms with Crippen LogP contribution in [0.2, 0.25) is 0 Å². The molecule has 74 valence electrons. The molecule has 0 aliphatic carbocycles. The van der Waals surface area contributed by atoms with Gasteiger partial charge in [-0.2, -0.15) is 0 Å². The smallest absolute Gasteiger partial charge is 0.316 e. The van der Waals surface area contributed by atoms with Crippen LogP contribution < -0.4 is 0 Å². The molecule has 0 aromatic heterocycles. The Bertz CT molecular complexity index is 331. The predicted molar refractivity (Wildman–Crippen MR) is 54.0 cm³/mol. The topological polar surface area (TPSA) is 26.3 Å². The molecule has 0 bridgehead atoms. The number of cyclic esters (lactones) is 1. The van der Waals surface area contributed by atoms with Gasteiger partial charge in [0.05, 0.1) is 12.0 Å². The van der Waals surface area contributed by atoms with Crippen LogP contribution >= 0.6 is 0 Å². The van der Waals surface area contributed by atoms with E-state index in [9.17, 15) is 4.79 Å². The fourth-order valence-electron chi connectivity index (χ4n) is 1.92. The summed E-state index contributed by atoms with van der Waals surface area (Å²) in [5.74, 6) is -0.0880. The Morgan fingerprint density at radius 2 is 2.00 bits per heavy atom. The van der Waals surface area contributed by atoms with E-state index in [1.807, 2.05) is 37.3 Å². The molecule has 2 heteroatoms. The van der Waals surface area contributed by atoms with E-state index in [2.05, 4.69) is 0 Å². The molecule has 1 aromatic rings. The Labute approximate surface area is 83.9 Å². The maximum absolute atomic E-state index is 11.7. The highest BCUT2D eigenvalue weighted by atomic mass is 16.5. The van der Waals surface area contributed by atoms with E-state index in [-0.39, 0.29) is 5.97 Å². The first-order valence-corrected chi connectivity index (χ1v) is 4.96. The molecule has 2 rings (SSSR count). The highest BCUT2D eigenvalue weighted by Gasteiger charge is 2.38. The summed E-state index contributed by atoms with van der Waals surface area (Å²) in [4.78, 5) is 11.7. The largest absolute Gasteiger partial charge is 0.465 e. The quantitative estimate of drug-likeness (QED) is 0.635. The third kappa shape index (κ3) is 1.41. The maximum atomic E-state index is 11.7. The van der Waals surface area contributed by atoms with Gasteiger partial charge in [-0.1, -0.05) is 30.3 Å². The van der Waals surface area contributed by atoms with Crippen LogP contribution in [0.5, 0.6) is 0 Å². The molecule has 1 aliphatic rings. The fraction of sp³-hybridized carbons (Fsp3) is 0.417. The number of rotatable bonds is 1. The fourth-order valence-corrected chi connectivity index (χ4v) is 1.92. The van der Waals surface area contributed by atoms with Gasteiger partial charge in [0.25, 0.3) is 0 Å². The minimum Gasteiger partial charge on any atom is -0.465 e. The zero-order valence-electron chi connectivity index (χ0n) is 8.32. The Hall–Kier alpha value is -1.31. The van der Waals surface area contributed by atoms with Gasteiger partial charge in [0.15, 0.2) is 0 Å². The lowest BCUT2D eigenvalue weighted by molar-refractivity contribution is -0.154. The zero-order valence-corrected chi connectivity index (χ0v) is 8.32. The van der Waals surface area contributed by atoms with Crippen LogP contribution in [0.1, 0.15) is 25.3 Å². The first-order chi connectivity index (χ1) is 6.73. The standard InChI is InChI=1S/C12H14O2/c1-12(8-5-9-14-11(12)13)10-6-3-2-4-7-10/h2-4,6-7H,5,8-9H2,1H3. The van der Waals surface area contributed by atoms with Crippen molar-refractivity contribution in [2.75, 3.05) is 6.61 Å². The molecule has 14 heavy (non-hydrogen) atoms. The normalized spacial score (nSPS) is 27.1. The SMILES string of the molecule is CC1(c2ccccc2)CCCOC1=O. The number of hydrogen-bond donors (Lipinski definition) is 0. The van der Waals surface area contributed by atoms with E-state index >= 15 is 0 Å². The first-order valence-electron chi connectivity index (χ1n) is 4.96. The average Bonchev–Trinajstić information content (AvgIpc) is 2.24. The molecule has 1 unspecified atom stereocenters. The van der Waals surface area contributed by atoms with E-state index in [1.165, 1.54) is 0 Å². The van der Waals surface area contributed by atoms with Crippen molar-refractivity contribution in [1.82, 2.24) is 0 Å². The summed E-state index contributed by atoms with van der Waals surface area (Å²) in [6.45, 7) is 2.53. The molecule has 1 aliphatic heterocycles. The van der Waals surface area contributed by atoms with Crippen molar-refractivity contribution in [3.8, 4) is 0 Å². The molecular weight excluding hydrogens is 176 g/mol. The third-order valence-electron chi connectivity index (χ3n) is 2.92. The van der Waals surface area contributed by atoms with Gasteiger partial charge in [-0.15, -0.1) is 0 Å². The second-order valence-corrected chi connectivity index (χ2v) is 3.94. The molecule has 0 amide bonds. The lowest BCUT2D eigenvalue weighted by atomic mass is 9.77. The molecule has 1 fully saturated rings. The summed E-state index contributed by atoms with van der Waals surface area (Å²) in [5.41, 5.74) is 0.629. The van der Waals surface area contributed by atoms with Gasteiger partial charge in [-0.25, -0.2) is 0 Å². The van der Waals surface area contributed by atoms with Gasteiger partial charge in [-0.05, 0) is 25.3 Å². The highest BCUT2D eigenvalue weighted by molar-refractivity contribution is 5.83. The molecule has 2 nitrogen and oxygen atoms in total. The maximum Gasteiger partial charge on any atom is 0.316 e. The second-order valence-electron chi connectivity index (χ2n) is 3.94. The molecule has 0 N–H and O–H groups in total. The number of hydrogen-bond acceptors (Lipinski definition) is 2. The Morgan fingerprint density at radius 1 is 1.29 bits per heavy atom. The molecule has 1 atom stereocenters. The lowest BCUT2D eigenvalue weighted by Gasteiger charge is -2.31. The van der Waals surface area contributed by atoms with Crippen LogP contribution in [-0.2, 0) is 14.9 Å². The van der Waals surface area contributed by atoms with Crippen LogP contribution in [0.3, 0.4) is 0 Å². The molecule has 0 radical (unpaired) electrons. The monoisotopic (exact) mass is 190 g/mol. The minimum atomic E-state index is -0.431. The average molecular weight is 190 g/mol. The third-order valence-corrected chi connectivity index (χ3v) is 2.92. The van der Waals surface area contributed by atoms with Crippen molar-refractivity contribution in [3.05, 3.63) is 35.9 Å². The predicted octanol–water partition coefficient (Wildman–Crippen LogP) is 2.28. The summed E-state index contributed by atoms with van der Waals surface area (Å²) in [5, 5.41) is 0. The van der Waals surface area contributed by atoms with Crippen molar-refractivity contribution >= 4 is 5.97 Å². The van der Waals surface area contributed by atoms with Crippen LogP contribution in [0.4, 0.5) is 0 Å². The first kappa shape index (κ1) is 9.25. The van der Waals surface area contributed by atoms with Crippen molar-refractivity contribution in [2.45, 2.75) is 25.2 Å². The number of benzene rings is 1. The van der Waals surface area contributed by atoms with Crippen LogP contribution in [0, 0.1) is 0 Å². The van der Waals surface area contributed by atoms with E-state index in [1.54, 1.807) is 0 Å². The lowest BCUT2D eigenvalue weighted by Crippen LogP contribution is -2.38. The van der Waals surface area contributed by atoms with Crippen molar-refractivity contribution in [3.63, 3.8) is 0 Å². The summed E-state index contributed by atoms with van der Waals surface area (Å²) in [7, 11) is 0. The van der Waals surface area contributed by atoms with Crippen LogP contribution in [0.15, 0.2) is 30.3 Å². The summed E-state index contributed by atoms with van der Waals surface area (Å²) >= 11 is 0. The van der Waals surface area contributed by atoms with Gasteiger partial charge in [-0.3, -0.25) is 4.79 Å². The Balaban J connectivity index is 2.35. The zero-order chi connectivity index (χ0) is 10.0. The van der Waals surface area contributed by atoms with Crippen molar-refractivity contribution in [1.29, 1.82) is 0 Å². The molecular formula is C12H14O2. The Kier molecular flexibility index (Phi) is 2.28. The van der Waals surface area contributed by atoms with Crippen LogP contribution in [-0.4, -0.2) is 12.6 Å². The molecule has 1 aromatic carbocycles. The summed E-state index contributed by atoms with van der Waals surface area (Å²) in [6, 6.07) is 9.87. The van der Waals surface area contributed by atoms with Gasteiger partial charge in [0.1, 0.15) is 0 Å². The number of ether oxygens (including phenoxy) is 1. The van der Waals surface area contributed by atoms with E-state index < -0.39 is 5.41 Å². The number of carbonyl (C=O) groups is 1. The minimum absolute atomic E-state index is 0.0880. The summed E-state index contributed by atoms with van der Waals surface area (Å²) in [6.07, 6.45) is 1.84. The van der Waals surface area contributed by atoms with Crippen LogP contribution in [0.25, 0.3) is 0 Å². The summed E-state index contributed by atoms with van der Waals surface area (Å²) < 4.78 is 5.11. The van der Waals surface area contributed by atoms with E-state index in [4.69, 9.17) is 4.74 Å². The van der Waals surface area contributed by atoms with E-state index in [0.29, 0.717) is 6.61 Å². The van der Waals surface area contributed by atoms with Gasteiger partial charge < -0.3 is 4.74 Å². The van der Waals surface area contributed by atoms with Gasteiger partial charge in [0.2, 0.25) is 0 Å². The Morgan fingerprint density at radius 3 is 2.64 bits per heavy atom.